The zero-order valence-electron chi connectivity index (χ0n) is 20.7. The highest BCUT2D eigenvalue weighted by Crippen LogP contribution is 2.28. The van der Waals surface area contributed by atoms with Crippen LogP contribution in [0.1, 0.15) is 69.2 Å². The van der Waals surface area contributed by atoms with Crippen molar-refractivity contribution in [3.05, 3.63) is 67.9 Å². The van der Waals surface area contributed by atoms with Gasteiger partial charge in [-0.15, -0.1) is 0 Å². The van der Waals surface area contributed by atoms with Crippen LogP contribution in [0.5, 0.6) is 0 Å². The Kier molecular flexibility index (Phi) is 11.9. The molecule has 2 heterocycles. The summed E-state index contributed by atoms with van der Waals surface area (Å²) in [5, 5.41) is 7.78. The first kappa shape index (κ1) is 28.6. The summed E-state index contributed by atoms with van der Waals surface area (Å²) in [4.78, 5) is 13.2. The minimum atomic E-state index is -0.181. The van der Waals surface area contributed by atoms with Gasteiger partial charge >= 0.3 is 0 Å². The van der Waals surface area contributed by atoms with E-state index in [1.807, 2.05) is 50.9 Å². The van der Waals surface area contributed by atoms with Crippen molar-refractivity contribution >= 4 is 45.0 Å². The summed E-state index contributed by atoms with van der Waals surface area (Å²) >= 11 is 16.1. The molecule has 1 amide bonds. The van der Waals surface area contributed by atoms with Crippen LogP contribution in [0.15, 0.2) is 40.9 Å². The number of hydrogen-bond acceptors (Lipinski definition) is 3. The smallest absolute Gasteiger partial charge is 0.283 e. The molecule has 34 heavy (non-hydrogen) atoms. The molecule has 1 aliphatic rings. The Labute approximate surface area is 222 Å². The first-order chi connectivity index (χ1) is 16.3. The normalized spacial score (nSPS) is 16.9. The van der Waals surface area contributed by atoms with Crippen LogP contribution in [0.3, 0.4) is 0 Å². The molecule has 1 aliphatic heterocycles. The third-order valence-corrected chi connectivity index (χ3v) is 6.84. The highest BCUT2D eigenvalue weighted by molar-refractivity contribution is 9.11. The van der Waals surface area contributed by atoms with Crippen LogP contribution in [0.4, 0.5) is 0 Å². The van der Waals surface area contributed by atoms with E-state index in [-0.39, 0.29) is 5.91 Å². The summed E-state index contributed by atoms with van der Waals surface area (Å²) in [6.07, 6.45) is 9.57. The lowest BCUT2D eigenvalue weighted by atomic mass is 10.0. The van der Waals surface area contributed by atoms with Crippen LogP contribution in [0.25, 0.3) is 5.69 Å². The predicted octanol–water partition coefficient (Wildman–Crippen LogP) is 7.54. The average Bonchev–Trinajstić information content (AvgIpc) is 3.18. The molecule has 0 radical (unpaired) electrons. The topological polar surface area (TPSA) is 50.2 Å². The van der Waals surface area contributed by atoms with Crippen LogP contribution >= 0.6 is 39.1 Å². The predicted molar refractivity (Wildman–Crippen MR) is 147 cm³/mol. The van der Waals surface area contributed by atoms with Crippen molar-refractivity contribution in [1.29, 1.82) is 0 Å². The third-order valence-electron chi connectivity index (χ3n) is 5.58. The lowest BCUT2D eigenvalue weighted by Gasteiger charge is -2.30. The molecule has 1 aromatic heterocycles. The molecule has 1 aromatic carbocycles. The second-order valence-corrected chi connectivity index (χ2v) is 9.81. The second kappa shape index (κ2) is 14.1. The van der Waals surface area contributed by atoms with Crippen LogP contribution < -0.4 is 5.43 Å². The summed E-state index contributed by atoms with van der Waals surface area (Å²) in [5.74, 6) is 0.380. The number of carbonyl (C=O) groups excluding carboxylic acids is 1. The van der Waals surface area contributed by atoms with Crippen molar-refractivity contribution in [2.24, 2.45) is 5.92 Å². The third kappa shape index (κ3) is 7.45. The quantitative estimate of drug-likeness (QED) is 0.350. The summed E-state index contributed by atoms with van der Waals surface area (Å²) in [6, 6.07) is 5.30. The fourth-order valence-electron chi connectivity index (χ4n) is 3.97. The van der Waals surface area contributed by atoms with Gasteiger partial charge in [0.05, 0.1) is 16.4 Å². The van der Waals surface area contributed by atoms with Crippen molar-refractivity contribution in [2.75, 3.05) is 13.1 Å². The molecule has 0 aliphatic carbocycles. The maximum absolute atomic E-state index is 13.2. The molecule has 2 aromatic rings. The maximum atomic E-state index is 13.2. The number of carbonyl (C=O) groups is 1. The number of amides is 1. The molecule has 186 valence electrons. The van der Waals surface area contributed by atoms with Gasteiger partial charge in [-0.1, -0.05) is 85.1 Å². The minimum Gasteiger partial charge on any atom is -0.283 e. The van der Waals surface area contributed by atoms with Crippen LogP contribution in [-0.2, 0) is 12.8 Å². The number of rotatable bonds is 7. The standard InChI is InChI=1S/C24H29BrCl2N4O.C2H6/c1-4-17(25)9-6-10-21-19(5-2)23(24(32)29-30-13-7-8-16(3)15-30)28-31(21)22-12-11-18(26)14-20(22)27;1-2/h4,6,9,11-12,14,16H,5,7-8,10,13,15H2,1-3H3,(H,29,32);1-2H3/b9-6-,17-4+;. The molecule has 0 spiro atoms. The van der Waals surface area contributed by atoms with E-state index in [0.29, 0.717) is 40.2 Å². The fraction of sp³-hybridized carbons (Fsp3) is 0.462. The van der Waals surface area contributed by atoms with Gasteiger partial charge in [-0.2, -0.15) is 5.10 Å². The molecular formula is C26H35BrCl2N4O. The molecule has 1 unspecified atom stereocenters. The monoisotopic (exact) mass is 568 g/mol. The van der Waals surface area contributed by atoms with E-state index >= 15 is 0 Å². The Hall–Kier alpha value is -1.60. The molecule has 3 rings (SSSR count). The summed E-state index contributed by atoms with van der Waals surface area (Å²) in [6.45, 7) is 11.9. The largest absolute Gasteiger partial charge is 0.286 e. The number of hydrogen-bond donors (Lipinski definition) is 1. The van der Waals surface area contributed by atoms with E-state index in [1.165, 1.54) is 6.42 Å². The number of benzene rings is 1. The Morgan fingerprint density at radius 2 is 2.06 bits per heavy atom. The van der Waals surface area contributed by atoms with Crippen molar-refractivity contribution in [1.82, 2.24) is 20.2 Å². The molecule has 1 atom stereocenters. The molecule has 5 nitrogen and oxygen atoms in total. The van der Waals surface area contributed by atoms with E-state index in [2.05, 4.69) is 34.4 Å². The lowest BCUT2D eigenvalue weighted by Crippen LogP contribution is -2.47. The van der Waals surface area contributed by atoms with Gasteiger partial charge in [-0.3, -0.25) is 10.2 Å². The zero-order valence-corrected chi connectivity index (χ0v) is 23.8. The molecule has 1 fully saturated rings. The lowest BCUT2D eigenvalue weighted by molar-refractivity contribution is 0.0687. The van der Waals surface area contributed by atoms with Crippen LogP contribution in [0, 0.1) is 5.92 Å². The van der Waals surface area contributed by atoms with E-state index in [9.17, 15) is 4.79 Å². The fourth-order valence-corrected chi connectivity index (χ4v) is 4.64. The number of piperidine rings is 1. The molecule has 0 saturated carbocycles. The van der Waals surface area contributed by atoms with Crippen LogP contribution in [-0.4, -0.2) is 33.8 Å². The first-order valence-corrected chi connectivity index (χ1v) is 13.5. The Morgan fingerprint density at radius 1 is 1.32 bits per heavy atom. The molecule has 1 saturated heterocycles. The highest BCUT2D eigenvalue weighted by Gasteiger charge is 2.25. The highest BCUT2D eigenvalue weighted by atomic mass is 79.9. The number of allylic oxidation sites excluding steroid dienone is 4. The van der Waals surface area contributed by atoms with Crippen molar-refractivity contribution in [2.45, 2.75) is 60.3 Å². The molecular weight excluding hydrogens is 535 g/mol. The molecule has 0 bridgehead atoms. The van der Waals surface area contributed by atoms with E-state index in [1.54, 1.807) is 16.8 Å². The summed E-state index contributed by atoms with van der Waals surface area (Å²) < 4.78 is 2.77. The molecule has 1 N–H and O–H groups in total. The van der Waals surface area contributed by atoms with Crippen LogP contribution in [0.2, 0.25) is 10.0 Å². The first-order valence-electron chi connectivity index (χ1n) is 11.9. The van der Waals surface area contributed by atoms with E-state index in [0.717, 1.165) is 35.3 Å². The number of nitrogens with one attached hydrogen (secondary N) is 1. The van der Waals surface area contributed by atoms with Gasteiger partial charge in [0.2, 0.25) is 0 Å². The number of nitrogens with zero attached hydrogens (tertiary/aromatic N) is 3. The van der Waals surface area contributed by atoms with E-state index < -0.39 is 0 Å². The van der Waals surface area contributed by atoms with Crippen molar-refractivity contribution in [3.8, 4) is 5.69 Å². The van der Waals surface area contributed by atoms with E-state index in [4.69, 9.17) is 28.3 Å². The van der Waals surface area contributed by atoms with Crippen molar-refractivity contribution < 1.29 is 4.79 Å². The summed E-state index contributed by atoms with van der Waals surface area (Å²) in [5.41, 5.74) is 6.05. The van der Waals surface area contributed by atoms with Gasteiger partial charge in [0, 0.05) is 34.6 Å². The maximum Gasteiger partial charge on any atom is 0.286 e. The SMILES string of the molecule is C/C=C(Br)\C=C/Cc1c(CC)c(C(=O)NN2CCCC(C)C2)nn1-c1ccc(Cl)cc1Cl.CC. The Balaban J connectivity index is 0.00000199. The second-order valence-electron chi connectivity index (χ2n) is 8.05. The number of halogens is 3. The average molecular weight is 570 g/mol. The Morgan fingerprint density at radius 3 is 2.68 bits per heavy atom. The van der Waals surface area contributed by atoms with Gasteiger partial charge in [-0.05, 0) is 50.3 Å². The van der Waals surface area contributed by atoms with Gasteiger partial charge in [0.1, 0.15) is 0 Å². The van der Waals surface area contributed by atoms with Gasteiger partial charge in [0.25, 0.3) is 5.91 Å². The minimum absolute atomic E-state index is 0.181. The zero-order chi connectivity index (χ0) is 25.3. The molecule has 8 heteroatoms. The number of hydrazine groups is 1. The Bertz CT molecular complexity index is 1030. The van der Waals surface area contributed by atoms with Gasteiger partial charge in [0.15, 0.2) is 5.69 Å². The summed E-state index contributed by atoms with van der Waals surface area (Å²) in [7, 11) is 0. The van der Waals surface area contributed by atoms with Crippen molar-refractivity contribution in [3.63, 3.8) is 0 Å². The van der Waals surface area contributed by atoms with Gasteiger partial charge in [-0.25, -0.2) is 9.69 Å². The number of aromatic nitrogens is 2. The van der Waals surface area contributed by atoms with Gasteiger partial charge < -0.3 is 0 Å².